The topological polar surface area (TPSA) is 99.2 Å². The third-order valence-corrected chi connectivity index (χ3v) is 3.76. The average molecular weight is 399 g/mol. The molecule has 6 nitrogen and oxygen atoms in total. The van der Waals surface area contributed by atoms with Crippen LogP contribution in [0.25, 0.3) is 0 Å². The van der Waals surface area contributed by atoms with Gasteiger partial charge in [0, 0.05) is 34.7 Å². The minimum atomic E-state index is -0.605. The van der Waals surface area contributed by atoms with Crippen molar-refractivity contribution in [3.8, 4) is 6.07 Å². The van der Waals surface area contributed by atoms with Gasteiger partial charge in [0.05, 0.1) is 0 Å². The molecule has 2 rings (SSSR count). The van der Waals surface area contributed by atoms with E-state index in [2.05, 4.69) is 21.2 Å². The number of nitriles is 1. The molecule has 0 aliphatic rings. The highest BCUT2D eigenvalue weighted by Crippen LogP contribution is 2.19. The van der Waals surface area contributed by atoms with Crippen LogP contribution in [0.4, 0.5) is 17.1 Å². The molecule has 0 saturated heterocycles. The van der Waals surface area contributed by atoms with E-state index in [9.17, 15) is 14.9 Å². The standard InChI is InChI=1S/C18H15BrN4O2/c1-12(24)23(17-8-4-15(21)5-9-17)11-13(10-20)18(25)22-16-6-2-14(19)3-7-16/h2-9,11H,21H2,1H3,(H,22,25)/b13-11-. The third kappa shape index (κ3) is 4.93. The number of anilines is 3. The summed E-state index contributed by atoms with van der Waals surface area (Å²) in [4.78, 5) is 25.4. The molecule has 0 bridgehead atoms. The second-order valence-electron chi connectivity index (χ2n) is 5.10. The molecule has 126 valence electrons. The van der Waals surface area contributed by atoms with Crippen LogP contribution in [-0.2, 0) is 9.59 Å². The molecule has 2 aromatic rings. The van der Waals surface area contributed by atoms with E-state index in [1.165, 1.54) is 18.0 Å². The SMILES string of the molecule is CC(=O)N(/C=C(/C#N)C(=O)Nc1ccc(Br)cc1)c1ccc(N)cc1. The number of amides is 2. The summed E-state index contributed by atoms with van der Waals surface area (Å²) in [5.74, 6) is -0.944. The van der Waals surface area contributed by atoms with Gasteiger partial charge in [0.25, 0.3) is 5.91 Å². The fraction of sp³-hybridized carbons (Fsp3) is 0.0556. The predicted molar refractivity (Wildman–Crippen MR) is 100 cm³/mol. The van der Waals surface area contributed by atoms with E-state index in [1.54, 1.807) is 48.5 Å². The predicted octanol–water partition coefficient (Wildman–Crippen LogP) is 3.43. The molecule has 0 unspecified atom stereocenters. The maximum absolute atomic E-state index is 12.3. The highest BCUT2D eigenvalue weighted by molar-refractivity contribution is 9.10. The molecule has 0 heterocycles. The summed E-state index contributed by atoms with van der Waals surface area (Å²) < 4.78 is 0.868. The van der Waals surface area contributed by atoms with Crippen molar-refractivity contribution in [2.45, 2.75) is 6.92 Å². The number of nitrogens with zero attached hydrogens (tertiary/aromatic N) is 2. The van der Waals surface area contributed by atoms with Gasteiger partial charge in [-0.1, -0.05) is 15.9 Å². The maximum Gasteiger partial charge on any atom is 0.267 e. The van der Waals surface area contributed by atoms with Crippen LogP contribution in [0.1, 0.15) is 6.92 Å². The van der Waals surface area contributed by atoms with E-state index in [1.807, 2.05) is 6.07 Å². The molecule has 0 radical (unpaired) electrons. The number of nitrogen functional groups attached to an aromatic ring is 1. The highest BCUT2D eigenvalue weighted by Gasteiger charge is 2.15. The first-order valence-corrected chi connectivity index (χ1v) is 8.04. The first kappa shape index (κ1) is 18.2. The fourth-order valence-corrected chi connectivity index (χ4v) is 2.25. The van der Waals surface area contributed by atoms with Crippen LogP contribution in [-0.4, -0.2) is 11.8 Å². The molecule has 0 aliphatic carbocycles. The van der Waals surface area contributed by atoms with Crippen LogP contribution < -0.4 is 16.0 Å². The maximum atomic E-state index is 12.3. The van der Waals surface area contributed by atoms with Gasteiger partial charge in [-0.25, -0.2) is 0 Å². The number of benzene rings is 2. The molecule has 7 heteroatoms. The fourth-order valence-electron chi connectivity index (χ4n) is 1.98. The quantitative estimate of drug-likeness (QED) is 0.468. The monoisotopic (exact) mass is 398 g/mol. The molecule has 0 saturated carbocycles. The van der Waals surface area contributed by atoms with Gasteiger partial charge in [-0.2, -0.15) is 5.26 Å². The zero-order valence-corrected chi connectivity index (χ0v) is 14.9. The summed E-state index contributed by atoms with van der Waals surface area (Å²) >= 11 is 3.30. The molecule has 0 aliphatic heterocycles. The Balaban J connectivity index is 2.27. The largest absolute Gasteiger partial charge is 0.399 e. The number of halogens is 1. The van der Waals surface area contributed by atoms with Gasteiger partial charge in [-0.3, -0.25) is 14.5 Å². The molecule has 0 atom stereocenters. The Morgan fingerprint density at radius 2 is 1.76 bits per heavy atom. The van der Waals surface area contributed by atoms with Crippen molar-refractivity contribution in [1.82, 2.24) is 0 Å². The Kier molecular flexibility index (Phi) is 5.93. The first-order valence-electron chi connectivity index (χ1n) is 7.25. The lowest BCUT2D eigenvalue weighted by Crippen LogP contribution is -2.25. The second-order valence-corrected chi connectivity index (χ2v) is 6.01. The van der Waals surface area contributed by atoms with Crippen LogP contribution >= 0.6 is 15.9 Å². The Bertz CT molecular complexity index is 852. The zero-order chi connectivity index (χ0) is 18.4. The van der Waals surface area contributed by atoms with E-state index in [0.717, 1.165) is 4.47 Å². The van der Waals surface area contributed by atoms with Crippen molar-refractivity contribution in [2.75, 3.05) is 16.0 Å². The highest BCUT2D eigenvalue weighted by atomic mass is 79.9. The molecule has 0 fully saturated rings. The number of carbonyl (C=O) groups excluding carboxylic acids is 2. The van der Waals surface area contributed by atoms with E-state index in [-0.39, 0.29) is 11.5 Å². The number of nitrogens with two attached hydrogens (primary N) is 1. The Morgan fingerprint density at radius 3 is 2.28 bits per heavy atom. The normalized spacial score (nSPS) is 10.7. The molecule has 0 spiro atoms. The summed E-state index contributed by atoms with van der Waals surface area (Å²) in [6.07, 6.45) is 1.21. The van der Waals surface area contributed by atoms with Gasteiger partial charge in [0.2, 0.25) is 5.91 Å². The van der Waals surface area contributed by atoms with E-state index in [0.29, 0.717) is 17.1 Å². The number of carbonyl (C=O) groups is 2. The summed E-state index contributed by atoms with van der Waals surface area (Å²) in [6, 6.07) is 15.3. The lowest BCUT2D eigenvalue weighted by molar-refractivity contribution is -0.116. The van der Waals surface area contributed by atoms with Crippen molar-refractivity contribution in [2.24, 2.45) is 0 Å². The Labute approximate surface area is 153 Å². The average Bonchev–Trinajstić information content (AvgIpc) is 2.58. The van der Waals surface area contributed by atoms with Crippen LogP contribution in [0.2, 0.25) is 0 Å². The van der Waals surface area contributed by atoms with Crippen molar-refractivity contribution in [1.29, 1.82) is 5.26 Å². The molecular weight excluding hydrogens is 384 g/mol. The van der Waals surface area contributed by atoms with Gasteiger partial charge < -0.3 is 11.1 Å². The first-order chi connectivity index (χ1) is 11.9. The molecular formula is C18H15BrN4O2. The van der Waals surface area contributed by atoms with Gasteiger partial charge in [0.1, 0.15) is 11.6 Å². The van der Waals surface area contributed by atoms with Crippen molar-refractivity contribution in [3.05, 3.63) is 64.8 Å². The van der Waals surface area contributed by atoms with Gasteiger partial charge in [0.15, 0.2) is 0 Å². The lowest BCUT2D eigenvalue weighted by atomic mass is 10.2. The number of rotatable bonds is 4. The second kappa shape index (κ2) is 8.13. The summed E-state index contributed by atoms with van der Waals surface area (Å²) in [5, 5.41) is 11.9. The van der Waals surface area contributed by atoms with Crippen LogP contribution in [0.5, 0.6) is 0 Å². The van der Waals surface area contributed by atoms with E-state index < -0.39 is 5.91 Å². The number of hydrogen-bond acceptors (Lipinski definition) is 4. The molecule has 2 amide bonds. The Hall–Kier alpha value is -3.11. The minimum Gasteiger partial charge on any atom is -0.399 e. The van der Waals surface area contributed by atoms with Crippen LogP contribution in [0.15, 0.2) is 64.8 Å². The minimum absolute atomic E-state index is 0.199. The van der Waals surface area contributed by atoms with Gasteiger partial charge in [-0.05, 0) is 48.5 Å². The summed E-state index contributed by atoms with van der Waals surface area (Å²) in [6.45, 7) is 1.34. The lowest BCUT2D eigenvalue weighted by Gasteiger charge is -2.17. The van der Waals surface area contributed by atoms with E-state index in [4.69, 9.17) is 5.73 Å². The zero-order valence-electron chi connectivity index (χ0n) is 13.4. The van der Waals surface area contributed by atoms with Crippen LogP contribution in [0, 0.1) is 11.3 Å². The van der Waals surface area contributed by atoms with Gasteiger partial charge in [-0.15, -0.1) is 0 Å². The van der Waals surface area contributed by atoms with Crippen LogP contribution in [0.3, 0.4) is 0 Å². The van der Waals surface area contributed by atoms with Crippen molar-refractivity contribution in [3.63, 3.8) is 0 Å². The van der Waals surface area contributed by atoms with Gasteiger partial charge >= 0.3 is 0 Å². The third-order valence-electron chi connectivity index (χ3n) is 3.24. The van der Waals surface area contributed by atoms with E-state index >= 15 is 0 Å². The smallest absolute Gasteiger partial charge is 0.267 e. The van der Waals surface area contributed by atoms with Crippen molar-refractivity contribution < 1.29 is 9.59 Å². The number of hydrogen-bond donors (Lipinski definition) is 2. The number of nitrogens with one attached hydrogen (secondary N) is 1. The molecule has 0 aromatic heterocycles. The van der Waals surface area contributed by atoms with Crippen molar-refractivity contribution >= 4 is 44.8 Å². The Morgan fingerprint density at radius 1 is 1.16 bits per heavy atom. The molecule has 2 aromatic carbocycles. The molecule has 25 heavy (non-hydrogen) atoms. The summed E-state index contributed by atoms with van der Waals surface area (Å²) in [7, 11) is 0. The molecule has 3 N–H and O–H groups in total. The summed E-state index contributed by atoms with van der Waals surface area (Å²) in [5.41, 5.74) is 7.03.